The first-order chi connectivity index (χ1) is 10.7. The highest BCUT2D eigenvalue weighted by atomic mass is 32.2. The number of nitrogens with one attached hydrogen (secondary N) is 1. The van der Waals surface area contributed by atoms with Crippen molar-refractivity contribution in [2.45, 2.75) is 12.8 Å². The normalized spacial score (nSPS) is 17.0. The van der Waals surface area contributed by atoms with E-state index in [1.54, 1.807) is 0 Å². The topological polar surface area (TPSA) is 60.6 Å². The first-order valence-electron chi connectivity index (χ1n) is 7.40. The van der Waals surface area contributed by atoms with Crippen LogP contribution in [0.15, 0.2) is 29.3 Å². The molecule has 0 saturated carbocycles. The fourth-order valence-electron chi connectivity index (χ4n) is 2.35. The molecule has 5 nitrogen and oxygen atoms in total. The summed E-state index contributed by atoms with van der Waals surface area (Å²) in [5.41, 5.74) is 0.804. The summed E-state index contributed by atoms with van der Waals surface area (Å²) in [7, 11) is 2.17. The maximum atomic E-state index is 8.62. The van der Waals surface area contributed by atoms with E-state index in [4.69, 9.17) is 10.00 Å². The van der Waals surface area contributed by atoms with Crippen molar-refractivity contribution in [3.8, 4) is 11.9 Å². The molecule has 1 saturated heterocycles. The third-order valence-electron chi connectivity index (χ3n) is 3.75. The molecule has 1 N–H and O–H groups in total. The summed E-state index contributed by atoms with van der Waals surface area (Å²) >= 11 is 1.40. The molecule has 0 amide bonds. The Morgan fingerprint density at radius 2 is 2.09 bits per heavy atom. The molecule has 1 aliphatic rings. The number of nitrogens with zero attached hydrogens (tertiary/aromatic N) is 3. The maximum Gasteiger partial charge on any atom is 0.183 e. The summed E-state index contributed by atoms with van der Waals surface area (Å²) in [5.74, 6) is 1.52. The summed E-state index contributed by atoms with van der Waals surface area (Å²) in [6.07, 6.45) is 6.17. The second-order valence-electron chi connectivity index (χ2n) is 5.41. The van der Waals surface area contributed by atoms with Gasteiger partial charge in [-0.15, -0.1) is 0 Å². The van der Waals surface area contributed by atoms with E-state index < -0.39 is 0 Å². The maximum absolute atomic E-state index is 8.62. The van der Waals surface area contributed by atoms with Crippen molar-refractivity contribution >= 4 is 22.6 Å². The van der Waals surface area contributed by atoms with Crippen molar-refractivity contribution < 1.29 is 4.74 Å². The van der Waals surface area contributed by atoms with Gasteiger partial charge in [-0.05, 0) is 69.4 Å². The van der Waals surface area contributed by atoms with E-state index in [2.05, 4.69) is 22.3 Å². The predicted molar refractivity (Wildman–Crippen MR) is 91.5 cm³/mol. The van der Waals surface area contributed by atoms with Gasteiger partial charge in [-0.3, -0.25) is 5.32 Å². The van der Waals surface area contributed by atoms with Crippen molar-refractivity contribution in [2.24, 2.45) is 10.9 Å². The lowest BCUT2D eigenvalue weighted by atomic mass is 9.98. The molecular formula is C16H22N4OS. The van der Waals surface area contributed by atoms with Crippen LogP contribution >= 0.6 is 11.8 Å². The molecular weight excluding hydrogens is 296 g/mol. The van der Waals surface area contributed by atoms with Crippen LogP contribution in [0.25, 0.3) is 0 Å². The number of hydrogen-bond donors (Lipinski definition) is 1. The molecule has 0 aromatic heterocycles. The molecule has 1 aromatic rings. The second kappa shape index (κ2) is 8.66. The molecule has 6 heteroatoms. The lowest BCUT2D eigenvalue weighted by Crippen LogP contribution is -2.32. The van der Waals surface area contributed by atoms with E-state index in [1.165, 1.54) is 24.6 Å². The zero-order valence-corrected chi connectivity index (χ0v) is 13.9. The van der Waals surface area contributed by atoms with Crippen LogP contribution in [-0.2, 0) is 0 Å². The summed E-state index contributed by atoms with van der Waals surface area (Å²) < 4.78 is 5.87. The van der Waals surface area contributed by atoms with E-state index in [-0.39, 0.29) is 0 Å². The summed E-state index contributed by atoms with van der Waals surface area (Å²) in [6, 6.07) is 7.66. The van der Waals surface area contributed by atoms with Gasteiger partial charge in [0.25, 0.3) is 0 Å². The van der Waals surface area contributed by atoms with Crippen molar-refractivity contribution in [1.29, 1.82) is 5.26 Å². The predicted octanol–water partition coefficient (Wildman–Crippen LogP) is 2.83. The zero-order valence-electron chi connectivity index (χ0n) is 13.1. The standard InChI is InChI=1S/C16H22N4OS/c1-20-9-7-13(8-10-20)11-21-15-5-3-14(4-6-15)19-16(22-2)18-12-17/h3-6,13H,7-11H2,1-2H3,(H,18,19). The highest BCUT2D eigenvalue weighted by Gasteiger charge is 2.16. The van der Waals surface area contributed by atoms with Crippen molar-refractivity contribution in [3.63, 3.8) is 0 Å². The second-order valence-corrected chi connectivity index (χ2v) is 6.20. The Bertz CT molecular complexity index is 530. The minimum absolute atomic E-state index is 0.586. The lowest BCUT2D eigenvalue weighted by molar-refractivity contribution is 0.160. The zero-order chi connectivity index (χ0) is 15.8. The fourth-order valence-corrected chi connectivity index (χ4v) is 2.69. The van der Waals surface area contributed by atoms with Gasteiger partial charge in [0.1, 0.15) is 5.75 Å². The smallest absolute Gasteiger partial charge is 0.183 e. The average molecular weight is 318 g/mol. The Kier molecular flexibility index (Phi) is 6.56. The number of ether oxygens (including phenoxy) is 1. The minimum atomic E-state index is 0.586. The van der Waals surface area contributed by atoms with Crippen LogP contribution < -0.4 is 10.1 Å². The molecule has 0 spiro atoms. The van der Waals surface area contributed by atoms with Crippen LogP contribution in [0, 0.1) is 17.4 Å². The molecule has 1 heterocycles. The monoisotopic (exact) mass is 318 g/mol. The largest absolute Gasteiger partial charge is 0.493 e. The van der Waals surface area contributed by atoms with Gasteiger partial charge in [0, 0.05) is 0 Å². The van der Waals surface area contributed by atoms with Gasteiger partial charge < -0.3 is 9.64 Å². The molecule has 0 atom stereocenters. The van der Waals surface area contributed by atoms with E-state index in [1.807, 2.05) is 36.7 Å². The lowest BCUT2D eigenvalue weighted by Gasteiger charge is -2.28. The molecule has 0 radical (unpaired) electrons. The molecule has 22 heavy (non-hydrogen) atoms. The van der Waals surface area contributed by atoms with E-state index in [9.17, 15) is 0 Å². The van der Waals surface area contributed by atoms with E-state index in [0.717, 1.165) is 31.1 Å². The molecule has 118 valence electrons. The van der Waals surface area contributed by atoms with Gasteiger partial charge in [-0.2, -0.15) is 5.26 Å². The molecule has 2 rings (SSSR count). The Hall–Kier alpha value is -1.71. The van der Waals surface area contributed by atoms with Crippen LogP contribution in [0.3, 0.4) is 0 Å². The fraction of sp³-hybridized carbons (Fsp3) is 0.500. The summed E-state index contributed by atoms with van der Waals surface area (Å²) in [4.78, 5) is 6.71. The SMILES string of the molecule is CSC(=Nc1ccc(OCC2CCN(C)CC2)cc1)NC#N. The van der Waals surface area contributed by atoms with Gasteiger partial charge in [-0.25, -0.2) is 4.99 Å². The van der Waals surface area contributed by atoms with Crippen LogP contribution in [0.4, 0.5) is 5.69 Å². The van der Waals surface area contributed by atoms with E-state index in [0.29, 0.717) is 11.1 Å². The number of amidine groups is 1. The minimum Gasteiger partial charge on any atom is -0.493 e. The van der Waals surface area contributed by atoms with Crippen LogP contribution in [0.5, 0.6) is 5.75 Å². The molecule has 0 bridgehead atoms. The van der Waals surface area contributed by atoms with Crippen LogP contribution in [0.2, 0.25) is 0 Å². The number of hydrogen-bond acceptors (Lipinski definition) is 5. The molecule has 1 fully saturated rings. The van der Waals surface area contributed by atoms with Crippen molar-refractivity contribution in [3.05, 3.63) is 24.3 Å². The van der Waals surface area contributed by atoms with Crippen molar-refractivity contribution in [2.75, 3.05) is 33.0 Å². The summed E-state index contributed by atoms with van der Waals surface area (Å²) in [6.45, 7) is 3.10. The number of thioether (sulfide) groups is 1. The quantitative estimate of drug-likeness (QED) is 0.400. The van der Waals surface area contributed by atoms with E-state index >= 15 is 0 Å². The highest BCUT2D eigenvalue weighted by molar-refractivity contribution is 8.13. The van der Waals surface area contributed by atoms with Crippen LogP contribution in [0.1, 0.15) is 12.8 Å². The Labute approximate surface area is 136 Å². The first kappa shape index (κ1) is 16.7. The number of benzene rings is 1. The van der Waals surface area contributed by atoms with Crippen molar-refractivity contribution in [1.82, 2.24) is 10.2 Å². The van der Waals surface area contributed by atoms with Crippen LogP contribution in [-0.4, -0.2) is 43.1 Å². The highest BCUT2D eigenvalue weighted by Crippen LogP contribution is 2.22. The summed E-state index contributed by atoms with van der Waals surface area (Å²) in [5, 5.41) is 11.8. The van der Waals surface area contributed by atoms with Gasteiger partial charge in [0.2, 0.25) is 0 Å². The number of rotatable bonds is 4. The number of aliphatic imine (C=N–C) groups is 1. The Morgan fingerprint density at radius 1 is 1.41 bits per heavy atom. The molecule has 1 aromatic carbocycles. The number of piperidine rings is 1. The van der Waals surface area contributed by atoms with Gasteiger partial charge in [0.15, 0.2) is 11.4 Å². The Balaban J connectivity index is 1.85. The first-order valence-corrected chi connectivity index (χ1v) is 8.63. The third-order valence-corrected chi connectivity index (χ3v) is 4.33. The number of nitriles is 1. The molecule has 1 aliphatic heterocycles. The Morgan fingerprint density at radius 3 is 2.68 bits per heavy atom. The third kappa shape index (κ3) is 5.24. The van der Waals surface area contributed by atoms with Gasteiger partial charge >= 0.3 is 0 Å². The number of likely N-dealkylation sites (tertiary alicyclic amines) is 1. The average Bonchev–Trinajstić information content (AvgIpc) is 2.55. The molecule has 0 aliphatic carbocycles. The van der Waals surface area contributed by atoms with Gasteiger partial charge in [0.05, 0.1) is 12.3 Å². The molecule has 0 unspecified atom stereocenters. The van der Waals surface area contributed by atoms with Gasteiger partial charge in [-0.1, -0.05) is 11.8 Å².